The number of ether oxygens (including phenoxy) is 1. The second-order valence-corrected chi connectivity index (χ2v) is 4.35. The van der Waals surface area contributed by atoms with E-state index < -0.39 is 68.5 Å². The van der Waals surface area contributed by atoms with Crippen LogP contribution >= 0.6 is 0 Å². The van der Waals surface area contributed by atoms with Gasteiger partial charge in [-0.05, 0) is 0 Å². The van der Waals surface area contributed by atoms with E-state index in [1.807, 2.05) is 0 Å². The Morgan fingerprint density at radius 2 is 0.870 bits per heavy atom. The van der Waals surface area contributed by atoms with Crippen LogP contribution < -0.4 is 4.74 Å². The molecule has 3 nitrogen and oxygen atoms in total. The molecule has 1 heterocycles. The summed E-state index contributed by atoms with van der Waals surface area (Å²) in [6.07, 6.45) is 0. The quantitative estimate of drug-likeness (QED) is 0.294. The van der Waals surface area contributed by atoms with Crippen molar-refractivity contribution in [3.05, 3.63) is 40.7 Å². The van der Waals surface area contributed by atoms with E-state index in [0.717, 1.165) is 7.11 Å². The molecule has 120 valence electrons. The molecule has 3 aromatic rings. The van der Waals surface area contributed by atoms with Crippen LogP contribution in [0.5, 0.6) is 5.75 Å². The van der Waals surface area contributed by atoms with Crippen LogP contribution in [-0.4, -0.2) is 17.1 Å². The Labute approximate surface area is 122 Å². The fourth-order valence-electron chi connectivity index (χ4n) is 2.04. The molecule has 0 aliphatic rings. The Bertz CT molecular complexity index is 990. The highest BCUT2D eigenvalue weighted by Crippen LogP contribution is 2.34. The Kier molecular flexibility index (Phi) is 3.27. The summed E-state index contributed by atoms with van der Waals surface area (Å²) >= 11 is 0. The van der Waals surface area contributed by atoms with Gasteiger partial charge in [0.1, 0.15) is 22.1 Å². The number of aromatic nitrogens is 2. The highest BCUT2D eigenvalue weighted by Gasteiger charge is 2.28. The Balaban J connectivity index is 2.63. The van der Waals surface area contributed by atoms with Crippen molar-refractivity contribution < 1.29 is 35.5 Å². The summed E-state index contributed by atoms with van der Waals surface area (Å²) in [5.74, 6) is -14.8. The number of nitrogens with zero attached hydrogens (tertiary/aromatic N) is 2. The summed E-state index contributed by atoms with van der Waals surface area (Å²) in [5, 5.41) is 0. The van der Waals surface area contributed by atoms with E-state index in [9.17, 15) is 30.7 Å². The second kappa shape index (κ2) is 4.93. The summed E-state index contributed by atoms with van der Waals surface area (Å²) < 4.78 is 99.1. The van der Waals surface area contributed by atoms with Gasteiger partial charge in [-0.2, -0.15) is 4.39 Å². The number of hydrogen-bond acceptors (Lipinski definition) is 3. The topological polar surface area (TPSA) is 35.0 Å². The average molecular weight is 336 g/mol. The maximum absolute atomic E-state index is 13.8. The minimum Gasteiger partial charge on any atom is -0.491 e. The van der Waals surface area contributed by atoms with Gasteiger partial charge in [0.05, 0.1) is 7.11 Å². The van der Waals surface area contributed by atoms with Gasteiger partial charge >= 0.3 is 0 Å². The van der Waals surface area contributed by atoms with Crippen molar-refractivity contribution in [2.45, 2.75) is 0 Å². The first-order valence-electron chi connectivity index (χ1n) is 5.83. The van der Waals surface area contributed by atoms with Crippen LogP contribution in [0.15, 0.2) is 0 Å². The molecule has 10 heteroatoms. The zero-order valence-corrected chi connectivity index (χ0v) is 10.9. The van der Waals surface area contributed by atoms with Crippen LogP contribution in [0.25, 0.3) is 22.1 Å². The monoisotopic (exact) mass is 336 g/mol. The van der Waals surface area contributed by atoms with Crippen LogP contribution in [0.2, 0.25) is 0 Å². The Morgan fingerprint density at radius 1 is 0.522 bits per heavy atom. The van der Waals surface area contributed by atoms with Crippen LogP contribution in [0.1, 0.15) is 0 Å². The van der Waals surface area contributed by atoms with Crippen molar-refractivity contribution in [1.29, 1.82) is 0 Å². The largest absolute Gasteiger partial charge is 0.491 e. The van der Waals surface area contributed by atoms with Gasteiger partial charge in [0.25, 0.3) is 0 Å². The van der Waals surface area contributed by atoms with Gasteiger partial charge in [-0.15, -0.1) is 0 Å². The van der Waals surface area contributed by atoms with E-state index >= 15 is 0 Å². The lowest BCUT2D eigenvalue weighted by Gasteiger charge is -2.10. The number of methoxy groups -OCH3 is 1. The van der Waals surface area contributed by atoms with Crippen molar-refractivity contribution in [2.24, 2.45) is 0 Å². The first-order valence-corrected chi connectivity index (χ1v) is 5.83. The molecule has 0 N–H and O–H groups in total. The molecule has 0 spiro atoms. The minimum absolute atomic E-state index is 0.819. The van der Waals surface area contributed by atoms with Crippen molar-refractivity contribution >= 4 is 22.1 Å². The summed E-state index contributed by atoms with van der Waals surface area (Å²) in [6.45, 7) is 0. The second-order valence-electron chi connectivity index (χ2n) is 4.35. The molecule has 0 atom stereocenters. The number of benzene rings is 2. The van der Waals surface area contributed by atoms with Crippen LogP contribution in [0.4, 0.5) is 30.7 Å². The molecule has 0 bridgehead atoms. The number of fused-ring (bicyclic) bond motifs is 2. The third-order valence-corrected chi connectivity index (χ3v) is 3.10. The van der Waals surface area contributed by atoms with E-state index in [4.69, 9.17) is 0 Å². The first-order chi connectivity index (χ1) is 10.8. The molecule has 1 aromatic heterocycles. The van der Waals surface area contributed by atoms with Gasteiger partial charge in [0.15, 0.2) is 34.8 Å². The fourth-order valence-corrected chi connectivity index (χ4v) is 2.04. The number of halogens is 7. The predicted molar refractivity (Wildman–Crippen MR) is 63.3 cm³/mol. The summed E-state index contributed by atoms with van der Waals surface area (Å²) in [7, 11) is 0.878. The average Bonchev–Trinajstić information content (AvgIpc) is 2.55. The Hall–Kier alpha value is -2.65. The van der Waals surface area contributed by atoms with Crippen molar-refractivity contribution in [3.8, 4) is 5.75 Å². The summed E-state index contributed by atoms with van der Waals surface area (Å²) in [5.41, 5.74) is -4.16. The maximum Gasteiger partial charge on any atom is 0.206 e. The highest BCUT2D eigenvalue weighted by atomic mass is 19.2. The Morgan fingerprint density at radius 3 is 1.30 bits per heavy atom. The van der Waals surface area contributed by atoms with E-state index in [0.29, 0.717) is 0 Å². The fraction of sp³-hybridized carbons (Fsp3) is 0.0769. The SMILES string of the molecule is COc1c(F)c(F)c(F)c2nc3c(F)c(F)c(F)c(F)c3nc12. The van der Waals surface area contributed by atoms with Crippen molar-refractivity contribution in [2.75, 3.05) is 7.11 Å². The standard InChI is InChI=1S/C13H3F7N2O/c1-23-13-8(20)4(16)7(19)11-12(13)22-10-6(18)3(15)2(14)5(17)9(10)21-11/h1H3. The molecule has 0 amide bonds. The zero-order chi connectivity index (χ0) is 17.0. The molecule has 3 rings (SSSR count). The molecule has 0 saturated carbocycles. The number of hydrogen-bond donors (Lipinski definition) is 0. The maximum atomic E-state index is 13.8. The van der Waals surface area contributed by atoms with E-state index in [2.05, 4.69) is 14.7 Å². The van der Waals surface area contributed by atoms with Gasteiger partial charge in [-0.25, -0.2) is 36.3 Å². The molecule has 23 heavy (non-hydrogen) atoms. The van der Waals surface area contributed by atoms with Gasteiger partial charge in [-0.3, -0.25) is 0 Å². The zero-order valence-electron chi connectivity index (χ0n) is 10.9. The van der Waals surface area contributed by atoms with Gasteiger partial charge in [0, 0.05) is 0 Å². The van der Waals surface area contributed by atoms with E-state index in [1.165, 1.54) is 0 Å². The molecule has 0 radical (unpaired) electrons. The predicted octanol–water partition coefficient (Wildman–Crippen LogP) is 3.77. The molecular weight excluding hydrogens is 333 g/mol. The third-order valence-electron chi connectivity index (χ3n) is 3.10. The van der Waals surface area contributed by atoms with Crippen LogP contribution in [0, 0.1) is 40.7 Å². The van der Waals surface area contributed by atoms with Crippen LogP contribution in [-0.2, 0) is 0 Å². The van der Waals surface area contributed by atoms with Crippen molar-refractivity contribution in [3.63, 3.8) is 0 Å². The summed E-state index contributed by atoms with van der Waals surface area (Å²) in [4.78, 5) is 6.52. The van der Waals surface area contributed by atoms with Gasteiger partial charge in [-0.1, -0.05) is 0 Å². The summed E-state index contributed by atoms with van der Waals surface area (Å²) in [6, 6.07) is 0. The molecule has 0 fully saturated rings. The lowest BCUT2D eigenvalue weighted by Crippen LogP contribution is -2.06. The number of rotatable bonds is 1. The van der Waals surface area contributed by atoms with E-state index in [-0.39, 0.29) is 0 Å². The normalized spacial score (nSPS) is 11.5. The minimum atomic E-state index is -2.20. The smallest absolute Gasteiger partial charge is 0.206 e. The molecule has 2 aromatic carbocycles. The molecule has 0 saturated heterocycles. The van der Waals surface area contributed by atoms with Crippen LogP contribution in [0.3, 0.4) is 0 Å². The molecule has 0 unspecified atom stereocenters. The highest BCUT2D eigenvalue weighted by molar-refractivity contribution is 5.90. The van der Waals surface area contributed by atoms with Crippen molar-refractivity contribution in [1.82, 2.24) is 9.97 Å². The molecular formula is C13H3F7N2O. The third kappa shape index (κ3) is 1.90. The first kappa shape index (κ1) is 15.3. The molecule has 0 aliphatic carbocycles. The lowest BCUT2D eigenvalue weighted by molar-refractivity contribution is 0.366. The lowest BCUT2D eigenvalue weighted by atomic mass is 10.2. The van der Waals surface area contributed by atoms with Gasteiger partial charge < -0.3 is 4.74 Å². The van der Waals surface area contributed by atoms with Gasteiger partial charge in [0.2, 0.25) is 11.6 Å². The molecule has 0 aliphatic heterocycles. The van der Waals surface area contributed by atoms with E-state index in [1.54, 1.807) is 0 Å².